The Morgan fingerprint density at radius 1 is 1.00 bits per heavy atom. The molecule has 21 heavy (non-hydrogen) atoms. The molecule has 3 heteroatoms. The highest BCUT2D eigenvalue weighted by Gasteiger charge is 2.03. The first-order valence-electron chi connectivity index (χ1n) is 6.85. The lowest BCUT2D eigenvalue weighted by Gasteiger charge is -2.08. The zero-order valence-electron chi connectivity index (χ0n) is 12.1. The van der Waals surface area contributed by atoms with Crippen LogP contribution in [0.25, 0.3) is 11.0 Å². The van der Waals surface area contributed by atoms with Crippen LogP contribution in [0.15, 0.2) is 52.9 Å². The van der Waals surface area contributed by atoms with Gasteiger partial charge in [0.15, 0.2) is 4.71 Å². The molecule has 106 valence electrons. The first kappa shape index (κ1) is 13.8. The van der Waals surface area contributed by atoms with E-state index in [1.165, 1.54) is 5.56 Å². The molecule has 0 radical (unpaired) electrons. The minimum Gasteiger partial charge on any atom is -0.489 e. The highest BCUT2D eigenvalue weighted by molar-refractivity contribution is 7.71. The van der Waals surface area contributed by atoms with Gasteiger partial charge in [-0.2, -0.15) is 0 Å². The maximum absolute atomic E-state index is 5.83. The van der Waals surface area contributed by atoms with Crippen LogP contribution in [0.3, 0.4) is 0 Å². The molecule has 3 rings (SSSR count). The lowest BCUT2D eigenvalue weighted by molar-refractivity contribution is 0.306. The molecule has 0 fully saturated rings. The first-order chi connectivity index (χ1) is 10.1. The molecule has 0 aliphatic heterocycles. The van der Waals surface area contributed by atoms with Gasteiger partial charge in [0.25, 0.3) is 0 Å². The third-order valence-electron chi connectivity index (χ3n) is 3.45. The molecule has 0 amide bonds. The highest BCUT2D eigenvalue weighted by Crippen LogP contribution is 2.24. The number of hydrogen-bond donors (Lipinski definition) is 0. The largest absolute Gasteiger partial charge is 0.489 e. The Morgan fingerprint density at radius 2 is 1.76 bits per heavy atom. The van der Waals surface area contributed by atoms with E-state index >= 15 is 0 Å². The average molecular weight is 296 g/mol. The number of benzene rings is 2. The highest BCUT2D eigenvalue weighted by atomic mass is 32.1. The van der Waals surface area contributed by atoms with Crippen molar-refractivity contribution in [2.75, 3.05) is 0 Å². The first-order valence-corrected chi connectivity index (χ1v) is 7.25. The summed E-state index contributed by atoms with van der Waals surface area (Å²) in [6.45, 7) is 4.64. The van der Waals surface area contributed by atoms with Gasteiger partial charge in [0.1, 0.15) is 17.9 Å². The molecule has 0 saturated heterocycles. The number of rotatable bonds is 3. The second kappa shape index (κ2) is 5.70. The fraction of sp³-hybridized carbons (Fsp3) is 0.167. The van der Waals surface area contributed by atoms with Gasteiger partial charge in [-0.3, -0.25) is 0 Å². The van der Waals surface area contributed by atoms with Crippen LogP contribution in [0.1, 0.15) is 16.7 Å². The minimum atomic E-state index is 0.496. The van der Waals surface area contributed by atoms with Gasteiger partial charge >= 0.3 is 0 Å². The van der Waals surface area contributed by atoms with Crippen LogP contribution in [-0.2, 0) is 6.61 Å². The van der Waals surface area contributed by atoms with Gasteiger partial charge < -0.3 is 9.15 Å². The summed E-state index contributed by atoms with van der Waals surface area (Å²) in [5, 5.41) is 1.06. The second-order valence-electron chi connectivity index (χ2n) is 5.18. The summed E-state index contributed by atoms with van der Waals surface area (Å²) < 4.78 is 11.9. The van der Waals surface area contributed by atoms with Crippen molar-refractivity contribution in [2.24, 2.45) is 0 Å². The van der Waals surface area contributed by atoms with Crippen molar-refractivity contribution in [2.45, 2.75) is 20.5 Å². The van der Waals surface area contributed by atoms with Crippen LogP contribution in [0.4, 0.5) is 0 Å². The predicted octanol–water partition coefficient (Wildman–Crippen LogP) is 5.36. The lowest BCUT2D eigenvalue weighted by atomic mass is 10.1. The Balaban J connectivity index is 1.84. The predicted molar refractivity (Wildman–Crippen MR) is 87.3 cm³/mol. The van der Waals surface area contributed by atoms with Crippen molar-refractivity contribution in [1.29, 1.82) is 0 Å². The summed E-state index contributed by atoms with van der Waals surface area (Å²) in [4.78, 5) is 0. The van der Waals surface area contributed by atoms with E-state index in [0.29, 0.717) is 11.3 Å². The molecule has 2 nitrogen and oxygen atoms in total. The molecule has 0 spiro atoms. The topological polar surface area (TPSA) is 22.4 Å². The lowest BCUT2D eigenvalue weighted by Crippen LogP contribution is -1.95. The molecule has 0 saturated carbocycles. The van der Waals surface area contributed by atoms with Crippen molar-refractivity contribution in [3.05, 3.63) is 69.9 Å². The monoisotopic (exact) mass is 296 g/mol. The Hall–Kier alpha value is -2.13. The molecule has 0 unspecified atom stereocenters. The standard InChI is InChI=1S/C18H16O2S/c1-12-3-5-14(6-4-12)11-19-15-7-8-16-13(2)9-18(21)20-17(16)10-15/h3-10H,11H2,1-2H3. The number of hydrogen-bond acceptors (Lipinski definition) is 3. The van der Waals surface area contributed by atoms with E-state index in [1.807, 2.05) is 31.2 Å². The Kier molecular flexibility index (Phi) is 3.76. The van der Waals surface area contributed by atoms with E-state index in [9.17, 15) is 0 Å². The van der Waals surface area contributed by atoms with Gasteiger partial charge in [0.2, 0.25) is 0 Å². The normalized spacial score (nSPS) is 10.8. The van der Waals surface area contributed by atoms with Crippen LogP contribution in [0.5, 0.6) is 5.75 Å². The molecular weight excluding hydrogens is 280 g/mol. The smallest absolute Gasteiger partial charge is 0.191 e. The third-order valence-corrected chi connectivity index (χ3v) is 3.65. The third kappa shape index (κ3) is 3.14. The van der Waals surface area contributed by atoms with Gasteiger partial charge in [-0.15, -0.1) is 0 Å². The Bertz CT molecular complexity index is 832. The summed E-state index contributed by atoms with van der Waals surface area (Å²) in [6, 6.07) is 16.0. The van der Waals surface area contributed by atoms with Crippen LogP contribution < -0.4 is 4.74 Å². The maximum atomic E-state index is 5.83. The molecule has 2 aromatic carbocycles. The van der Waals surface area contributed by atoms with Crippen LogP contribution in [0.2, 0.25) is 0 Å². The van der Waals surface area contributed by atoms with Gasteiger partial charge in [0.05, 0.1) is 0 Å². The van der Waals surface area contributed by atoms with E-state index in [1.54, 1.807) is 0 Å². The quantitative estimate of drug-likeness (QED) is 0.608. The van der Waals surface area contributed by atoms with E-state index < -0.39 is 0 Å². The van der Waals surface area contributed by atoms with Crippen molar-refractivity contribution < 1.29 is 9.15 Å². The molecule has 1 heterocycles. The molecule has 0 aliphatic carbocycles. The molecule has 3 aromatic rings. The van der Waals surface area contributed by atoms with Crippen molar-refractivity contribution in [3.63, 3.8) is 0 Å². The van der Waals surface area contributed by atoms with Gasteiger partial charge in [0, 0.05) is 11.5 Å². The SMILES string of the molecule is Cc1ccc(COc2ccc3c(C)cc(=S)oc3c2)cc1. The van der Waals surface area contributed by atoms with Crippen LogP contribution >= 0.6 is 12.2 Å². The fourth-order valence-corrected chi connectivity index (χ4v) is 2.51. The summed E-state index contributed by atoms with van der Waals surface area (Å²) >= 11 is 5.12. The van der Waals surface area contributed by atoms with Crippen molar-refractivity contribution in [3.8, 4) is 5.75 Å². The van der Waals surface area contributed by atoms with Crippen molar-refractivity contribution >= 4 is 23.2 Å². The molecule has 0 atom stereocenters. The zero-order chi connectivity index (χ0) is 14.8. The van der Waals surface area contributed by atoms with Crippen molar-refractivity contribution in [1.82, 2.24) is 0 Å². The summed E-state index contributed by atoms with van der Waals surface area (Å²) in [5.41, 5.74) is 4.27. The molecule has 0 bridgehead atoms. The number of aryl methyl sites for hydroxylation is 2. The molecular formula is C18H16O2S. The van der Waals surface area contributed by atoms with E-state index in [2.05, 4.69) is 31.2 Å². The average Bonchev–Trinajstić information content (AvgIpc) is 2.46. The number of fused-ring (bicyclic) bond motifs is 1. The van der Waals surface area contributed by atoms with Crippen LogP contribution in [-0.4, -0.2) is 0 Å². The van der Waals surface area contributed by atoms with Gasteiger partial charge in [-0.25, -0.2) is 0 Å². The molecule has 1 aromatic heterocycles. The minimum absolute atomic E-state index is 0.496. The fourth-order valence-electron chi connectivity index (χ4n) is 2.25. The van der Waals surface area contributed by atoms with E-state index in [4.69, 9.17) is 21.4 Å². The molecule has 0 aliphatic rings. The zero-order valence-corrected chi connectivity index (χ0v) is 12.9. The molecule has 0 N–H and O–H groups in total. The van der Waals surface area contributed by atoms with E-state index in [0.717, 1.165) is 27.8 Å². The second-order valence-corrected chi connectivity index (χ2v) is 5.58. The van der Waals surface area contributed by atoms with Crippen LogP contribution in [0, 0.1) is 18.6 Å². The maximum Gasteiger partial charge on any atom is 0.191 e. The summed E-state index contributed by atoms with van der Waals surface area (Å²) in [7, 11) is 0. The summed E-state index contributed by atoms with van der Waals surface area (Å²) in [5.74, 6) is 0.784. The van der Waals surface area contributed by atoms with Gasteiger partial charge in [-0.1, -0.05) is 29.8 Å². The Labute approximate surface area is 129 Å². The van der Waals surface area contributed by atoms with E-state index in [-0.39, 0.29) is 0 Å². The number of ether oxygens (including phenoxy) is 1. The summed E-state index contributed by atoms with van der Waals surface area (Å²) in [6.07, 6.45) is 0. The Morgan fingerprint density at radius 3 is 2.52 bits per heavy atom. The van der Waals surface area contributed by atoms with Gasteiger partial charge in [-0.05, 0) is 55.4 Å².